The topological polar surface area (TPSA) is 65.1 Å². The summed E-state index contributed by atoms with van der Waals surface area (Å²) in [5.41, 5.74) is 1.65. The number of rotatable bonds is 9. The molecule has 0 spiro atoms. The van der Waals surface area contributed by atoms with Gasteiger partial charge in [0.1, 0.15) is 12.4 Å². The summed E-state index contributed by atoms with van der Waals surface area (Å²) in [6.07, 6.45) is 2.84. The van der Waals surface area contributed by atoms with E-state index in [4.69, 9.17) is 14.2 Å². The summed E-state index contributed by atoms with van der Waals surface area (Å²) in [7, 11) is 1.64. The van der Waals surface area contributed by atoms with Crippen LogP contribution in [0.15, 0.2) is 35.9 Å². The van der Waals surface area contributed by atoms with Crippen molar-refractivity contribution in [3.05, 3.63) is 41.5 Å². The molecule has 1 heterocycles. The normalized spacial score (nSPS) is 17.4. The Hall–Kier alpha value is -2.34. The highest BCUT2D eigenvalue weighted by Gasteiger charge is 2.39. The van der Waals surface area contributed by atoms with Crippen LogP contribution >= 0.6 is 0 Å². The molecule has 1 aromatic rings. The smallest absolute Gasteiger partial charge is 0.417 e. The highest BCUT2D eigenvalue weighted by atomic mass is 16.6. The van der Waals surface area contributed by atoms with Gasteiger partial charge in [0.15, 0.2) is 0 Å². The summed E-state index contributed by atoms with van der Waals surface area (Å²) >= 11 is 0. The summed E-state index contributed by atoms with van der Waals surface area (Å²) < 4.78 is 15.8. The first-order valence-electron chi connectivity index (χ1n) is 9.31. The van der Waals surface area contributed by atoms with E-state index in [1.807, 2.05) is 44.2 Å². The molecule has 2 rings (SSSR count). The van der Waals surface area contributed by atoms with Crippen LogP contribution in [0.3, 0.4) is 0 Å². The van der Waals surface area contributed by atoms with Crippen LogP contribution in [0.5, 0.6) is 5.75 Å². The van der Waals surface area contributed by atoms with Crippen molar-refractivity contribution in [2.24, 2.45) is 5.92 Å². The van der Waals surface area contributed by atoms with E-state index in [1.54, 1.807) is 14.0 Å². The minimum absolute atomic E-state index is 0.166. The van der Waals surface area contributed by atoms with Gasteiger partial charge >= 0.3 is 6.09 Å². The third-order valence-electron chi connectivity index (χ3n) is 4.60. The number of carbonyl (C=O) groups excluding carboxylic acids is 2. The van der Waals surface area contributed by atoms with E-state index in [9.17, 15) is 9.59 Å². The minimum Gasteiger partial charge on any atom is -0.497 e. The van der Waals surface area contributed by atoms with Gasteiger partial charge in [0, 0.05) is 12.2 Å². The van der Waals surface area contributed by atoms with E-state index in [1.165, 1.54) is 4.90 Å². The van der Waals surface area contributed by atoms with Gasteiger partial charge in [0.2, 0.25) is 0 Å². The quantitative estimate of drug-likeness (QED) is 0.483. The number of benzene rings is 1. The molecule has 148 valence electrons. The van der Waals surface area contributed by atoms with Crippen LogP contribution in [0.4, 0.5) is 4.79 Å². The first-order chi connectivity index (χ1) is 12.9. The van der Waals surface area contributed by atoms with Gasteiger partial charge in [-0.05, 0) is 43.4 Å². The fourth-order valence-corrected chi connectivity index (χ4v) is 2.85. The summed E-state index contributed by atoms with van der Waals surface area (Å²) in [5.74, 6) is 0.723. The number of amides is 2. The number of allylic oxidation sites excluding steroid dienone is 1. The molecular weight excluding hydrogens is 346 g/mol. The Labute approximate surface area is 161 Å². The molecule has 2 amide bonds. The minimum atomic E-state index is -0.547. The van der Waals surface area contributed by atoms with Crippen LogP contribution in [0.2, 0.25) is 0 Å². The molecule has 1 aliphatic heterocycles. The molecule has 0 N–H and O–H groups in total. The second kappa shape index (κ2) is 10.1. The Kier molecular flexibility index (Phi) is 7.85. The van der Waals surface area contributed by atoms with Gasteiger partial charge in [-0.3, -0.25) is 4.79 Å². The summed E-state index contributed by atoms with van der Waals surface area (Å²) in [6, 6.07) is 7.57. The summed E-state index contributed by atoms with van der Waals surface area (Å²) in [5, 5.41) is 0. The molecule has 1 fully saturated rings. The molecule has 0 saturated carbocycles. The number of hydrogen-bond acceptors (Lipinski definition) is 5. The van der Waals surface area contributed by atoms with Crippen LogP contribution in [0, 0.1) is 5.92 Å². The molecule has 1 aromatic carbocycles. The largest absolute Gasteiger partial charge is 0.497 e. The highest BCUT2D eigenvalue weighted by Crippen LogP contribution is 2.22. The Morgan fingerprint density at radius 1 is 1.33 bits per heavy atom. The third-order valence-corrected chi connectivity index (χ3v) is 4.60. The zero-order chi connectivity index (χ0) is 19.8. The lowest BCUT2D eigenvalue weighted by molar-refractivity contribution is -0.125. The number of imide groups is 1. The average molecular weight is 375 g/mol. The van der Waals surface area contributed by atoms with Gasteiger partial charge < -0.3 is 14.2 Å². The zero-order valence-electron chi connectivity index (χ0n) is 16.6. The second-order valence-corrected chi connectivity index (χ2v) is 6.99. The Balaban J connectivity index is 1.73. The van der Waals surface area contributed by atoms with Crippen molar-refractivity contribution in [3.63, 3.8) is 0 Å². The van der Waals surface area contributed by atoms with Crippen molar-refractivity contribution in [2.75, 3.05) is 20.3 Å². The summed E-state index contributed by atoms with van der Waals surface area (Å²) in [6.45, 7) is 7.11. The van der Waals surface area contributed by atoms with Crippen molar-refractivity contribution in [1.82, 2.24) is 4.90 Å². The molecule has 0 aromatic heterocycles. The first kappa shape index (κ1) is 21.0. The zero-order valence-corrected chi connectivity index (χ0v) is 16.6. The van der Waals surface area contributed by atoms with Crippen LogP contribution in [-0.4, -0.2) is 43.3 Å². The maximum atomic E-state index is 12.5. The monoisotopic (exact) mass is 375 g/mol. The maximum Gasteiger partial charge on any atom is 0.417 e. The van der Waals surface area contributed by atoms with Crippen LogP contribution in [0.1, 0.15) is 39.2 Å². The molecular formula is C21H29NO5. The Morgan fingerprint density at radius 3 is 2.67 bits per heavy atom. The van der Waals surface area contributed by atoms with E-state index in [0.29, 0.717) is 18.8 Å². The average Bonchev–Trinajstić information content (AvgIpc) is 3.06. The fraction of sp³-hybridized carbons (Fsp3) is 0.524. The molecule has 0 radical (unpaired) electrons. The van der Waals surface area contributed by atoms with Crippen molar-refractivity contribution in [1.29, 1.82) is 0 Å². The Bertz CT molecular complexity index is 666. The molecule has 1 atom stereocenters. The lowest BCUT2D eigenvalue weighted by atomic mass is 10.0. The lowest BCUT2D eigenvalue weighted by Crippen LogP contribution is -2.42. The van der Waals surface area contributed by atoms with Crippen molar-refractivity contribution < 1.29 is 23.8 Å². The van der Waals surface area contributed by atoms with Crippen molar-refractivity contribution in [2.45, 2.75) is 46.3 Å². The fourth-order valence-electron chi connectivity index (χ4n) is 2.85. The van der Waals surface area contributed by atoms with Gasteiger partial charge in [-0.15, -0.1) is 0 Å². The van der Waals surface area contributed by atoms with Crippen molar-refractivity contribution >= 4 is 12.0 Å². The first-order valence-corrected chi connectivity index (χ1v) is 9.31. The standard InChI is InChI=1S/C21H29NO5/c1-15(2)19-14-27-21(24)22(19)20(23)16(3)7-5-6-12-26-13-17-8-10-18(25-4)11-9-17/h7-11,15,19H,5-6,12-14H2,1-4H3/b16-7+/t19-/m1/s1. The number of unbranched alkanes of at least 4 members (excludes halogenated alkanes) is 1. The molecule has 6 heteroatoms. The van der Waals surface area contributed by atoms with Crippen LogP contribution in [-0.2, 0) is 20.9 Å². The number of hydrogen-bond donors (Lipinski definition) is 0. The lowest BCUT2D eigenvalue weighted by Gasteiger charge is -2.22. The molecule has 27 heavy (non-hydrogen) atoms. The van der Waals surface area contributed by atoms with E-state index in [-0.39, 0.29) is 24.5 Å². The maximum absolute atomic E-state index is 12.5. The SMILES string of the molecule is COc1ccc(COCCC/C=C(\C)C(=O)N2C(=O)OC[C@@H]2C(C)C)cc1. The molecule has 6 nitrogen and oxygen atoms in total. The number of carbonyl (C=O) groups is 2. The predicted molar refractivity (Wildman–Crippen MR) is 102 cm³/mol. The van der Waals surface area contributed by atoms with Gasteiger partial charge in [0.05, 0.1) is 19.8 Å². The molecule has 1 saturated heterocycles. The van der Waals surface area contributed by atoms with Gasteiger partial charge in [-0.25, -0.2) is 9.69 Å². The van der Waals surface area contributed by atoms with E-state index >= 15 is 0 Å². The second-order valence-electron chi connectivity index (χ2n) is 6.99. The molecule has 1 aliphatic rings. The van der Waals surface area contributed by atoms with Crippen molar-refractivity contribution in [3.8, 4) is 5.75 Å². The molecule has 0 unspecified atom stereocenters. The number of ether oxygens (including phenoxy) is 3. The predicted octanol–water partition coefficient (Wildman–Crippen LogP) is 3.94. The third kappa shape index (κ3) is 5.82. The molecule has 0 bridgehead atoms. The van der Waals surface area contributed by atoms with E-state index < -0.39 is 6.09 Å². The Morgan fingerprint density at radius 2 is 2.04 bits per heavy atom. The summed E-state index contributed by atoms with van der Waals surface area (Å²) in [4.78, 5) is 25.6. The van der Waals surface area contributed by atoms with E-state index in [2.05, 4.69) is 0 Å². The van der Waals surface area contributed by atoms with Gasteiger partial charge in [0.25, 0.3) is 5.91 Å². The number of cyclic esters (lactones) is 1. The van der Waals surface area contributed by atoms with E-state index in [0.717, 1.165) is 24.2 Å². The van der Waals surface area contributed by atoms with Crippen LogP contribution in [0.25, 0.3) is 0 Å². The highest BCUT2D eigenvalue weighted by molar-refractivity contribution is 6.03. The van der Waals surface area contributed by atoms with Crippen LogP contribution < -0.4 is 4.74 Å². The number of nitrogens with zero attached hydrogens (tertiary/aromatic N) is 1. The van der Waals surface area contributed by atoms with Gasteiger partial charge in [-0.1, -0.05) is 32.1 Å². The van der Waals surface area contributed by atoms with Gasteiger partial charge in [-0.2, -0.15) is 0 Å². The number of methoxy groups -OCH3 is 1. The molecule has 0 aliphatic carbocycles.